The van der Waals surface area contributed by atoms with Gasteiger partial charge in [-0.3, -0.25) is 9.69 Å². The van der Waals surface area contributed by atoms with Crippen molar-refractivity contribution in [3.8, 4) is 0 Å². The number of thioether (sulfide) groups is 2. The summed E-state index contributed by atoms with van der Waals surface area (Å²) in [6.45, 7) is 3.33. The number of aliphatic hydroxyl groups is 1. The fourth-order valence-electron chi connectivity index (χ4n) is 3.19. The van der Waals surface area contributed by atoms with E-state index in [1.54, 1.807) is 23.1 Å². The van der Waals surface area contributed by atoms with Crippen LogP contribution in [0.5, 0.6) is 0 Å². The molecule has 1 aromatic rings. The molecule has 1 aliphatic rings. The second kappa shape index (κ2) is 13.9. The highest BCUT2D eigenvalue weighted by molar-refractivity contribution is 7.99. The summed E-state index contributed by atoms with van der Waals surface area (Å²) in [6, 6.07) is 2.76. The maximum atomic E-state index is 11.3. The van der Waals surface area contributed by atoms with Crippen molar-refractivity contribution in [1.82, 2.24) is 4.90 Å². The topological polar surface area (TPSA) is 49.8 Å². The zero-order valence-corrected chi connectivity index (χ0v) is 18.8. The third-order valence-electron chi connectivity index (χ3n) is 4.74. The molecule has 0 bridgehead atoms. The van der Waals surface area contributed by atoms with E-state index in [0.717, 1.165) is 37.4 Å². The van der Waals surface area contributed by atoms with E-state index < -0.39 is 0 Å². The number of rotatable bonds is 14. The highest BCUT2D eigenvalue weighted by Gasteiger charge is 2.24. The lowest BCUT2D eigenvalue weighted by molar-refractivity contribution is -0.143. The van der Waals surface area contributed by atoms with Crippen LogP contribution in [0.1, 0.15) is 51.9 Å². The molecule has 0 radical (unpaired) electrons. The van der Waals surface area contributed by atoms with Crippen LogP contribution in [0, 0.1) is 0 Å². The number of ether oxygens (including phenoxy) is 1. The van der Waals surface area contributed by atoms with Gasteiger partial charge in [0.05, 0.1) is 12.7 Å². The van der Waals surface area contributed by atoms with Gasteiger partial charge in [0.1, 0.15) is 0 Å². The van der Waals surface area contributed by atoms with Gasteiger partial charge in [-0.15, -0.1) is 23.5 Å². The van der Waals surface area contributed by atoms with Crippen LogP contribution in [0.3, 0.4) is 0 Å². The Morgan fingerprint density at radius 1 is 1.41 bits per heavy atom. The number of carbonyl (C=O) groups is 1. The van der Waals surface area contributed by atoms with Gasteiger partial charge < -0.3 is 9.84 Å². The number of hydrogen-bond acceptors (Lipinski definition) is 7. The summed E-state index contributed by atoms with van der Waals surface area (Å²) >= 11 is 5.46. The van der Waals surface area contributed by atoms with E-state index in [-0.39, 0.29) is 12.1 Å². The summed E-state index contributed by atoms with van der Waals surface area (Å²) in [5.74, 6) is 3.02. The van der Waals surface area contributed by atoms with E-state index in [0.29, 0.717) is 19.1 Å². The molecule has 1 aliphatic heterocycles. The average Bonchev–Trinajstić information content (AvgIpc) is 3.33. The van der Waals surface area contributed by atoms with Gasteiger partial charge in [0.15, 0.2) is 0 Å². The highest BCUT2D eigenvalue weighted by Crippen LogP contribution is 2.26. The molecule has 0 aromatic carbocycles. The van der Waals surface area contributed by atoms with E-state index >= 15 is 0 Å². The summed E-state index contributed by atoms with van der Waals surface area (Å²) < 4.78 is 4.96. The first kappa shape index (κ1) is 23.1. The van der Waals surface area contributed by atoms with Crippen LogP contribution in [-0.4, -0.2) is 58.7 Å². The van der Waals surface area contributed by atoms with E-state index in [9.17, 15) is 9.90 Å². The molecule has 7 heteroatoms. The second-order valence-electron chi connectivity index (χ2n) is 6.94. The summed E-state index contributed by atoms with van der Waals surface area (Å²) in [5.41, 5.74) is 0. The Bertz CT molecular complexity index is 513. The van der Waals surface area contributed by atoms with E-state index in [1.165, 1.54) is 29.9 Å². The summed E-state index contributed by atoms with van der Waals surface area (Å²) in [7, 11) is 0. The van der Waals surface area contributed by atoms with Crippen molar-refractivity contribution in [1.29, 1.82) is 0 Å². The first-order valence-electron chi connectivity index (χ1n) is 9.99. The Balaban J connectivity index is 1.52. The van der Waals surface area contributed by atoms with Crippen molar-refractivity contribution >= 4 is 40.8 Å². The van der Waals surface area contributed by atoms with Crippen molar-refractivity contribution in [3.63, 3.8) is 0 Å². The molecule has 2 unspecified atom stereocenters. The number of nitrogens with zero attached hydrogens (tertiary/aromatic N) is 1. The number of carbonyl (C=O) groups excluding carboxylic acids is 1. The molecule has 154 valence electrons. The molecule has 0 amide bonds. The molecule has 1 saturated heterocycles. The number of thiophene rings is 1. The van der Waals surface area contributed by atoms with Crippen molar-refractivity contribution in [2.24, 2.45) is 0 Å². The van der Waals surface area contributed by atoms with Gasteiger partial charge in [0, 0.05) is 46.7 Å². The first-order chi connectivity index (χ1) is 13.2. The fraction of sp³-hybridized carbons (Fsp3) is 0.750. The SMILES string of the molecule is CCOC(=O)CCCCCCC1CSCN1CCC(O)CSc1ccsc1. The average molecular weight is 432 g/mol. The minimum Gasteiger partial charge on any atom is -0.466 e. The Morgan fingerprint density at radius 2 is 2.26 bits per heavy atom. The van der Waals surface area contributed by atoms with Crippen LogP contribution in [0.2, 0.25) is 0 Å². The Labute approximate surface area is 176 Å². The molecular formula is C20H33NO3S3. The van der Waals surface area contributed by atoms with Crippen molar-refractivity contribution in [2.45, 2.75) is 68.9 Å². The van der Waals surface area contributed by atoms with Crippen molar-refractivity contribution < 1.29 is 14.6 Å². The standard InChI is InChI=1S/C20H33NO3S3/c1-2-24-20(23)8-6-4-3-5-7-17-13-26-16-21(17)11-9-18(22)14-27-19-10-12-25-15-19/h10,12,15,17-18,22H,2-9,11,13-14,16H2,1H3. The Hall–Kier alpha value is -0.210. The van der Waals surface area contributed by atoms with Crippen LogP contribution >= 0.6 is 34.9 Å². The second-order valence-corrected chi connectivity index (χ2v) is 9.81. The molecule has 0 spiro atoms. The van der Waals surface area contributed by atoms with Gasteiger partial charge in [0.2, 0.25) is 0 Å². The number of aliphatic hydroxyl groups excluding tert-OH is 1. The van der Waals surface area contributed by atoms with Gasteiger partial charge in [-0.25, -0.2) is 0 Å². The zero-order valence-electron chi connectivity index (χ0n) is 16.3. The van der Waals surface area contributed by atoms with Crippen LogP contribution < -0.4 is 0 Å². The summed E-state index contributed by atoms with van der Waals surface area (Å²) in [6.07, 6.45) is 6.87. The summed E-state index contributed by atoms with van der Waals surface area (Å²) in [5, 5.41) is 14.5. The highest BCUT2D eigenvalue weighted by atomic mass is 32.2. The lowest BCUT2D eigenvalue weighted by Crippen LogP contribution is -2.33. The number of esters is 1. The van der Waals surface area contributed by atoms with Gasteiger partial charge in [-0.2, -0.15) is 11.3 Å². The van der Waals surface area contributed by atoms with Gasteiger partial charge in [-0.1, -0.05) is 19.3 Å². The van der Waals surface area contributed by atoms with Gasteiger partial charge in [-0.05, 0) is 37.6 Å². The predicted octanol–water partition coefficient (Wildman–Crippen LogP) is 4.87. The van der Waals surface area contributed by atoms with Gasteiger partial charge >= 0.3 is 5.97 Å². The Kier molecular flexibility index (Phi) is 11.9. The van der Waals surface area contributed by atoms with Crippen LogP contribution in [0.25, 0.3) is 0 Å². The molecule has 1 aromatic heterocycles. The first-order valence-corrected chi connectivity index (χ1v) is 13.1. The molecule has 2 atom stereocenters. The maximum absolute atomic E-state index is 11.3. The third kappa shape index (κ3) is 9.70. The van der Waals surface area contributed by atoms with Crippen LogP contribution in [0.15, 0.2) is 21.7 Å². The lowest BCUT2D eigenvalue weighted by atomic mass is 10.1. The fourth-order valence-corrected chi connectivity index (χ4v) is 6.28. The van der Waals surface area contributed by atoms with E-state index in [4.69, 9.17) is 4.74 Å². The smallest absolute Gasteiger partial charge is 0.305 e. The monoisotopic (exact) mass is 431 g/mol. The van der Waals surface area contributed by atoms with E-state index in [1.807, 2.05) is 18.7 Å². The molecule has 0 aliphatic carbocycles. The largest absolute Gasteiger partial charge is 0.466 e. The lowest BCUT2D eigenvalue weighted by Gasteiger charge is -2.24. The van der Waals surface area contributed by atoms with Gasteiger partial charge in [0.25, 0.3) is 0 Å². The summed E-state index contributed by atoms with van der Waals surface area (Å²) in [4.78, 5) is 15.1. The third-order valence-corrected chi connectivity index (χ3v) is 7.85. The molecule has 1 fully saturated rings. The molecule has 27 heavy (non-hydrogen) atoms. The minimum atomic E-state index is -0.232. The molecule has 0 saturated carbocycles. The molecule has 2 rings (SSSR count). The molecular weight excluding hydrogens is 398 g/mol. The molecule has 1 N–H and O–H groups in total. The number of unbranched alkanes of at least 4 members (excludes halogenated alkanes) is 3. The van der Waals surface area contributed by atoms with Crippen molar-refractivity contribution in [3.05, 3.63) is 16.8 Å². The predicted molar refractivity (Wildman–Crippen MR) is 118 cm³/mol. The van der Waals surface area contributed by atoms with Crippen molar-refractivity contribution in [2.75, 3.05) is 30.5 Å². The molecule has 2 heterocycles. The quantitative estimate of drug-likeness (QED) is 0.258. The van der Waals surface area contributed by atoms with E-state index in [2.05, 4.69) is 21.7 Å². The van der Waals surface area contributed by atoms with Crippen LogP contribution in [0.4, 0.5) is 0 Å². The zero-order chi connectivity index (χ0) is 19.3. The minimum absolute atomic E-state index is 0.0633. The van der Waals surface area contributed by atoms with Crippen LogP contribution in [-0.2, 0) is 9.53 Å². The normalized spacial score (nSPS) is 18.7. The number of hydrogen-bond donors (Lipinski definition) is 1. The Morgan fingerprint density at radius 3 is 3.04 bits per heavy atom. The maximum Gasteiger partial charge on any atom is 0.305 e. The molecule has 4 nitrogen and oxygen atoms in total.